The molecule has 0 saturated heterocycles. The Kier molecular flexibility index (Phi) is 6.53. The Bertz CT molecular complexity index is 415. The summed E-state index contributed by atoms with van der Waals surface area (Å²) < 4.78 is 1.25. The molecule has 0 spiro atoms. The smallest absolute Gasteiger partial charge is 0.0245 e. The zero-order chi connectivity index (χ0) is 14.4. The van der Waals surface area contributed by atoms with Crippen LogP contribution >= 0.6 is 15.9 Å². The van der Waals surface area contributed by atoms with E-state index in [1.807, 2.05) is 0 Å². The summed E-state index contributed by atoms with van der Waals surface area (Å²) in [5, 5.41) is 3.38. The van der Waals surface area contributed by atoms with E-state index >= 15 is 0 Å². The Morgan fingerprint density at radius 2 is 2.10 bits per heavy atom. The highest BCUT2D eigenvalue weighted by atomic mass is 79.9. The largest absolute Gasteiger partial charge is 0.313 e. The van der Waals surface area contributed by atoms with E-state index in [-0.39, 0.29) is 0 Å². The summed E-state index contributed by atoms with van der Waals surface area (Å²) in [4.78, 5) is 2.61. The minimum absolute atomic E-state index is 0.954. The zero-order valence-electron chi connectivity index (χ0n) is 12.8. The predicted octanol–water partition coefficient (Wildman–Crippen LogP) is 4.18. The molecule has 3 heteroatoms. The number of hydrogen-bond acceptors (Lipinski definition) is 2. The van der Waals surface area contributed by atoms with Gasteiger partial charge in [-0.3, -0.25) is 4.90 Å². The minimum Gasteiger partial charge on any atom is -0.313 e. The molecule has 0 heterocycles. The number of benzene rings is 1. The van der Waals surface area contributed by atoms with Crippen molar-refractivity contribution in [2.75, 3.05) is 19.6 Å². The molecule has 1 N–H and O–H groups in total. The molecule has 0 amide bonds. The van der Waals surface area contributed by atoms with Gasteiger partial charge in [0.1, 0.15) is 0 Å². The molecule has 0 unspecified atom stereocenters. The van der Waals surface area contributed by atoms with Crippen molar-refractivity contribution < 1.29 is 0 Å². The highest BCUT2D eigenvalue weighted by Crippen LogP contribution is 2.30. The van der Waals surface area contributed by atoms with Crippen LogP contribution in [0.2, 0.25) is 0 Å². The van der Waals surface area contributed by atoms with Gasteiger partial charge in [0, 0.05) is 24.1 Å². The molecule has 112 valence electrons. The van der Waals surface area contributed by atoms with E-state index in [1.54, 1.807) is 0 Å². The molecule has 1 aromatic rings. The van der Waals surface area contributed by atoms with Gasteiger partial charge in [0.05, 0.1) is 0 Å². The molecule has 0 aliphatic heterocycles. The van der Waals surface area contributed by atoms with Crippen LogP contribution in [0.5, 0.6) is 0 Å². The van der Waals surface area contributed by atoms with Gasteiger partial charge in [-0.05, 0) is 55.5 Å². The molecule has 1 saturated carbocycles. The molecule has 0 radical (unpaired) electrons. The van der Waals surface area contributed by atoms with Crippen molar-refractivity contribution in [3.05, 3.63) is 33.8 Å². The fraction of sp³-hybridized carbons (Fsp3) is 0.647. The van der Waals surface area contributed by atoms with E-state index in [2.05, 4.69) is 58.2 Å². The molecule has 0 aromatic heterocycles. The van der Waals surface area contributed by atoms with Crippen LogP contribution in [-0.4, -0.2) is 24.5 Å². The number of nitrogens with zero attached hydrogens (tertiary/aromatic N) is 1. The van der Waals surface area contributed by atoms with Gasteiger partial charge < -0.3 is 5.32 Å². The minimum atomic E-state index is 0.954. The summed E-state index contributed by atoms with van der Waals surface area (Å²) in [5.74, 6) is 0.966. The van der Waals surface area contributed by atoms with Crippen molar-refractivity contribution in [3.8, 4) is 0 Å². The average molecular weight is 339 g/mol. The lowest BCUT2D eigenvalue weighted by Crippen LogP contribution is -2.26. The van der Waals surface area contributed by atoms with Gasteiger partial charge in [0.2, 0.25) is 0 Å². The van der Waals surface area contributed by atoms with E-state index in [0.717, 1.165) is 25.6 Å². The van der Waals surface area contributed by atoms with Crippen LogP contribution in [0, 0.1) is 5.92 Å². The summed E-state index contributed by atoms with van der Waals surface area (Å²) in [6.07, 6.45) is 4.11. The molecular weight excluding hydrogens is 312 g/mol. The molecule has 1 aliphatic carbocycles. The third-order valence-corrected chi connectivity index (χ3v) is 4.58. The van der Waals surface area contributed by atoms with E-state index < -0.39 is 0 Å². The second kappa shape index (κ2) is 8.16. The molecule has 2 rings (SSSR count). The molecule has 2 nitrogen and oxygen atoms in total. The van der Waals surface area contributed by atoms with Gasteiger partial charge in [-0.1, -0.05) is 41.9 Å². The lowest BCUT2D eigenvalue weighted by Gasteiger charge is -2.22. The van der Waals surface area contributed by atoms with Crippen LogP contribution in [0.25, 0.3) is 0 Å². The van der Waals surface area contributed by atoms with Crippen LogP contribution in [0.1, 0.15) is 44.2 Å². The Morgan fingerprint density at radius 3 is 2.70 bits per heavy atom. The quantitative estimate of drug-likeness (QED) is 0.726. The summed E-state index contributed by atoms with van der Waals surface area (Å²) in [7, 11) is 0. The van der Waals surface area contributed by atoms with Crippen molar-refractivity contribution in [3.63, 3.8) is 0 Å². The maximum absolute atomic E-state index is 3.75. The Morgan fingerprint density at radius 1 is 1.30 bits per heavy atom. The molecule has 1 aromatic carbocycles. The van der Waals surface area contributed by atoms with Gasteiger partial charge in [-0.15, -0.1) is 0 Å². The van der Waals surface area contributed by atoms with Gasteiger partial charge in [0.15, 0.2) is 0 Å². The number of hydrogen-bond donors (Lipinski definition) is 1. The van der Waals surface area contributed by atoms with Gasteiger partial charge in [-0.2, -0.15) is 0 Å². The Labute approximate surface area is 132 Å². The summed E-state index contributed by atoms with van der Waals surface area (Å²) in [5.41, 5.74) is 2.77. The van der Waals surface area contributed by atoms with Crippen LogP contribution < -0.4 is 5.32 Å². The van der Waals surface area contributed by atoms with E-state index in [0.29, 0.717) is 0 Å². The predicted molar refractivity (Wildman–Crippen MR) is 89.8 cm³/mol. The summed E-state index contributed by atoms with van der Waals surface area (Å²) in [6, 6.07) is 6.80. The lowest BCUT2D eigenvalue weighted by molar-refractivity contribution is 0.254. The van der Waals surface area contributed by atoms with E-state index in [9.17, 15) is 0 Å². The number of rotatable bonds is 9. The van der Waals surface area contributed by atoms with Crippen molar-refractivity contribution in [2.45, 2.75) is 46.2 Å². The molecule has 1 aliphatic rings. The maximum atomic E-state index is 3.75. The van der Waals surface area contributed by atoms with Crippen LogP contribution in [0.4, 0.5) is 0 Å². The van der Waals surface area contributed by atoms with Crippen molar-refractivity contribution in [1.29, 1.82) is 0 Å². The SMILES string of the molecule is CCCN(Cc1ccc(CNCC)cc1Br)CC1CC1. The highest BCUT2D eigenvalue weighted by molar-refractivity contribution is 9.10. The van der Waals surface area contributed by atoms with Crippen molar-refractivity contribution >= 4 is 15.9 Å². The molecular formula is C17H27BrN2. The van der Waals surface area contributed by atoms with Crippen LogP contribution in [0.3, 0.4) is 0 Å². The molecule has 1 fully saturated rings. The fourth-order valence-corrected chi connectivity index (χ4v) is 3.11. The molecule has 0 bridgehead atoms. The first-order valence-corrected chi connectivity index (χ1v) is 8.72. The lowest BCUT2D eigenvalue weighted by atomic mass is 10.1. The Hall–Kier alpha value is -0.380. The van der Waals surface area contributed by atoms with E-state index in [4.69, 9.17) is 0 Å². The van der Waals surface area contributed by atoms with Gasteiger partial charge in [-0.25, -0.2) is 0 Å². The fourth-order valence-electron chi connectivity index (χ4n) is 2.56. The molecule has 20 heavy (non-hydrogen) atoms. The average Bonchev–Trinajstić information content (AvgIpc) is 3.23. The van der Waals surface area contributed by atoms with Gasteiger partial charge >= 0.3 is 0 Å². The van der Waals surface area contributed by atoms with E-state index in [1.165, 1.54) is 48.0 Å². The molecule has 0 atom stereocenters. The third-order valence-electron chi connectivity index (χ3n) is 3.84. The van der Waals surface area contributed by atoms with Crippen LogP contribution in [0.15, 0.2) is 22.7 Å². The second-order valence-corrected chi connectivity index (χ2v) is 6.74. The first-order chi connectivity index (χ1) is 9.72. The summed E-state index contributed by atoms with van der Waals surface area (Å²) >= 11 is 3.75. The topological polar surface area (TPSA) is 15.3 Å². The second-order valence-electron chi connectivity index (χ2n) is 5.88. The van der Waals surface area contributed by atoms with Crippen molar-refractivity contribution in [2.24, 2.45) is 5.92 Å². The monoisotopic (exact) mass is 338 g/mol. The van der Waals surface area contributed by atoms with Crippen molar-refractivity contribution in [1.82, 2.24) is 10.2 Å². The Balaban J connectivity index is 1.95. The third kappa shape index (κ3) is 5.19. The highest BCUT2D eigenvalue weighted by Gasteiger charge is 2.24. The van der Waals surface area contributed by atoms with Gasteiger partial charge in [0.25, 0.3) is 0 Å². The maximum Gasteiger partial charge on any atom is 0.0245 e. The summed E-state index contributed by atoms with van der Waals surface area (Å²) in [6.45, 7) is 9.95. The first-order valence-electron chi connectivity index (χ1n) is 7.93. The standard InChI is InChI=1S/C17H27BrN2/c1-3-9-20(12-14-5-6-14)13-16-8-7-15(10-17(16)18)11-19-4-2/h7-8,10,14,19H,3-6,9,11-13H2,1-2H3. The number of nitrogens with one attached hydrogen (secondary N) is 1. The van der Waals surface area contributed by atoms with Crippen LogP contribution in [-0.2, 0) is 13.1 Å². The normalized spacial score (nSPS) is 15.0. The number of halogens is 1. The zero-order valence-corrected chi connectivity index (χ0v) is 14.4. The first kappa shape index (κ1) is 16.0.